The first kappa shape index (κ1) is 22.7. The molecule has 3 aromatic carbocycles. The molecule has 2 N–H and O–H groups in total. The average molecular weight is 491 g/mol. The number of carbonyl (C=O) groups excluding carboxylic acids is 1. The maximum absolute atomic E-state index is 12.4. The molecule has 2 aliphatic carbocycles. The van der Waals surface area contributed by atoms with Gasteiger partial charge in [-0.3, -0.25) is 9.69 Å². The monoisotopic (exact) mass is 490 g/mol. The summed E-state index contributed by atoms with van der Waals surface area (Å²) in [6, 6.07) is 24.0. The standard InChI is InChI=1S/C32H34N4O/c1-21-16-28(21)27-14-9-23-18-36(34-30(23)29(27)31(33)37)26-12-10-24(11-13-26)32-15-5-8-25(32)19-35(20-32)17-22-6-3-2-4-7-22/h2-4,6-7,9-14,18,21,25,28H,5,8,15-17,19-20H2,1H3,(H2,33,37)/t21?,25?,28-,32?/m0/s1. The van der Waals surface area contributed by atoms with Crippen molar-refractivity contribution in [2.75, 3.05) is 13.1 Å². The minimum atomic E-state index is -0.382. The molecule has 1 saturated heterocycles. The number of nitrogens with two attached hydrogens (primary N) is 1. The first-order valence-electron chi connectivity index (χ1n) is 13.7. The summed E-state index contributed by atoms with van der Waals surface area (Å²) in [7, 11) is 0. The molecule has 3 aliphatic rings. The molecule has 0 radical (unpaired) electrons. The predicted octanol–water partition coefficient (Wildman–Crippen LogP) is 5.80. The Morgan fingerprint density at radius 2 is 1.86 bits per heavy atom. The van der Waals surface area contributed by atoms with Gasteiger partial charge in [-0.2, -0.15) is 5.10 Å². The SMILES string of the molecule is CC1C[C@@H]1c1ccc2cn(-c3ccc(C45CCCC4CN(Cc4ccccc4)C5)cc3)nc2c1C(N)=O. The Hall–Kier alpha value is -3.44. The number of aromatic nitrogens is 2. The Labute approximate surface area is 218 Å². The van der Waals surface area contributed by atoms with Gasteiger partial charge in [0.2, 0.25) is 0 Å². The Balaban J connectivity index is 1.18. The largest absolute Gasteiger partial charge is 0.366 e. The van der Waals surface area contributed by atoms with Crippen LogP contribution < -0.4 is 5.73 Å². The number of carbonyl (C=O) groups is 1. The minimum absolute atomic E-state index is 0.247. The Bertz CT molecular complexity index is 1470. The summed E-state index contributed by atoms with van der Waals surface area (Å²) < 4.78 is 1.90. The van der Waals surface area contributed by atoms with E-state index in [1.807, 2.05) is 10.9 Å². The second-order valence-corrected chi connectivity index (χ2v) is 11.7. The fourth-order valence-electron chi connectivity index (χ4n) is 7.33. The average Bonchev–Trinajstić information content (AvgIpc) is 3.22. The van der Waals surface area contributed by atoms with Gasteiger partial charge in [0.25, 0.3) is 5.91 Å². The van der Waals surface area contributed by atoms with Crippen LogP contribution in [0.1, 0.15) is 65.6 Å². The van der Waals surface area contributed by atoms with Crippen LogP contribution in [0, 0.1) is 11.8 Å². The molecule has 4 atom stereocenters. The van der Waals surface area contributed by atoms with Crippen molar-refractivity contribution >= 4 is 16.8 Å². The number of primary amides is 1. The second kappa shape index (κ2) is 8.56. The van der Waals surface area contributed by atoms with E-state index in [2.05, 4.69) is 78.6 Å². The molecule has 1 aromatic heterocycles. The van der Waals surface area contributed by atoms with Gasteiger partial charge in [-0.25, -0.2) is 4.68 Å². The molecule has 2 heterocycles. The zero-order valence-electron chi connectivity index (χ0n) is 21.4. The first-order valence-corrected chi connectivity index (χ1v) is 13.7. The van der Waals surface area contributed by atoms with Gasteiger partial charge in [0, 0.05) is 36.6 Å². The van der Waals surface area contributed by atoms with Crippen LogP contribution in [0.4, 0.5) is 0 Å². The highest BCUT2D eigenvalue weighted by Gasteiger charge is 2.50. The molecule has 2 saturated carbocycles. The Morgan fingerprint density at radius 1 is 1.08 bits per heavy atom. The van der Waals surface area contributed by atoms with Crippen LogP contribution in [0.2, 0.25) is 0 Å². The summed E-state index contributed by atoms with van der Waals surface area (Å²) in [6.45, 7) is 5.56. The maximum Gasteiger partial charge on any atom is 0.251 e. The van der Waals surface area contributed by atoms with Crippen molar-refractivity contribution in [2.24, 2.45) is 17.6 Å². The van der Waals surface area contributed by atoms with Crippen LogP contribution in [0.5, 0.6) is 0 Å². The summed E-state index contributed by atoms with van der Waals surface area (Å²) >= 11 is 0. The van der Waals surface area contributed by atoms with Gasteiger partial charge >= 0.3 is 0 Å². The van der Waals surface area contributed by atoms with E-state index in [0.717, 1.165) is 47.6 Å². The van der Waals surface area contributed by atoms with E-state index in [-0.39, 0.29) is 11.3 Å². The number of rotatable bonds is 6. The van der Waals surface area contributed by atoms with Crippen molar-refractivity contribution in [2.45, 2.75) is 50.5 Å². The Kier molecular flexibility index (Phi) is 5.26. The lowest BCUT2D eigenvalue weighted by molar-refractivity contribution is 0.100. The molecule has 1 amide bonds. The minimum Gasteiger partial charge on any atom is -0.366 e. The van der Waals surface area contributed by atoms with Crippen LogP contribution in [0.3, 0.4) is 0 Å². The Morgan fingerprint density at radius 3 is 2.59 bits per heavy atom. The molecular weight excluding hydrogens is 456 g/mol. The normalized spacial score (nSPS) is 27.0. The van der Waals surface area contributed by atoms with Crippen molar-refractivity contribution < 1.29 is 4.79 Å². The van der Waals surface area contributed by atoms with Gasteiger partial charge < -0.3 is 5.73 Å². The molecule has 0 bridgehead atoms. The fraction of sp³-hybridized carbons (Fsp3) is 0.375. The summed E-state index contributed by atoms with van der Waals surface area (Å²) in [5.41, 5.74) is 12.3. The third-order valence-electron chi connectivity index (χ3n) is 9.36. The zero-order chi connectivity index (χ0) is 25.1. The molecule has 0 spiro atoms. The number of hydrogen-bond acceptors (Lipinski definition) is 3. The van der Waals surface area contributed by atoms with Crippen molar-refractivity contribution in [1.82, 2.24) is 14.7 Å². The summed E-state index contributed by atoms with van der Waals surface area (Å²) in [5.74, 6) is 1.36. The van der Waals surface area contributed by atoms with E-state index in [1.54, 1.807) is 0 Å². The summed E-state index contributed by atoms with van der Waals surface area (Å²) in [5, 5.41) is 5.81. The van der Waals surface area contributed by atoms with E-state index in [9.17, 15) is 4.79 Å². The number of nitrogens with zero attached hydrogens (tertiary/aromatic N) is 3. The van der Waals surface area contributed by atoms with Crippen molar-refractivity contribution in [3.8, 4) is 5.69 Å². The van der Waals surface area contributed by atoms with Crippen molar-refractivity contribution in [3.05, 3.63) is 95.2 Å². The number of amides is 1. The molecule has 1 aliphatic heterocycles. The highest BCUT2D eigenvalue weighted by molar-refractivity contribution is 6.06. The van der Waals surface area contributed by atoms with E-state index in [0.29, 0.717) is 17.4 Å². The molecule has 3 fully saturated rings. The number of likely N-dealkylation sites (tertiary alicyclic amines) is 1. The molecule has 5 nitrogen and oxygen atoms in total. The number of hydrogen-bond donors (Lipinski definition) is 1. The lowest BCUT2D eigenvalue weighted by Crippen LogP contribution is -2.31. The highest BCUT2D eigenvalue weighted by atomic mass is 16.1. The molecule has 188 valence electrons. The molecule has 7 rings (SSSR count). The third-order valence-corrected chi connectivity index (χ3v) is 9.36. The second-order valence-electron chi connectivity index (χ2n) is 11.7. The van der Waals surface area contributed by atoms with Crippen molar-refractivity contribution in [1.29, 1.82) is 0 Å². The molecule has 5 heteroatoms. The van der Waals surface area contributed by atoms with Crippen LogP contribution in [0.25, 0.3) is 16.6 Å². The van der Waals surface area contributed by atoms with E-state index >= 15 is 0 Å². The molecule has 37 heavy (non-hydrogen) atoms. The van der Waals surface area contributed by atoms with Crippen molar-refractivity contribution in [3.63, 3.8) is 0 Å². The van der Waals surface area contributed by atoms with Gasteiger partial charge in [-0.15, -0.1) is 0 Å². The van der Waals surface area contributed by atoms with Crippen LogP contribution in [-0.2, 0) is 12.0 Å². The zero-order valence-corrected chi connectivity index (χ0v) is 21.4. The van der Waals surface area contributed by atoms with Gasteiger partial charge in [-0.1, -0.05) is 67.9 Å². The third kappa shape index (κ3) is 3.79. The smallest absolute Gasteiger partial charge is 0.251 e. The van der Waals surface area contributed by atoms with Crippen LogP contribution in [0.15, 0.2) is 72.9 Å². The predicted molar refractivity (Wildman–Crippen MR) is 147 cm³/mol. The molecular formula is C32H34N4O. The molecule has 4 aromatic rings. The lowest BCUT2D eigenvalue weighted by Gasteiger charge is -2.30. The van der Waals surface area contributed by atoms with E-state index in [1.165, 1.54) is 36.9 Å². The van der Waals surface area contributed by atoms with Crippen LogP contribution in [-0.4, -0.2) is 33.7 Å². The van der Waals surface area contributed by atoms with Gasteiger partial charge in [0.05, 0.1) is 11.3 Å². The number of benzene rings is 3. The highest BCUT2D eigenvalue weighted by Crippen LogP contribution is 2.51. The summed E-state index contributed by atoms with van der Waals surface area (Å²) in [6.07, 6.45) is 7.02. The van der Waals surface area contributed by atoms with Crippen LogP contribution >= 0.6 is 0 Å². The van der Waals surface area contributed by atoms with E-state index in [4.69, 9.17) is 10.8 Å². The topological polar surface area (TPSA) is 64.2 Å². The number of fused-ring (bicyclic) bond motifs is 2. The summed E-state index contributed by atoms with van der Waals surface area (Å²) in [4.78, 5) is 15.1. The van der Waals surface area contributed by atoms with Gasteiger partial charge in [0.15, 0.2) is 0 Å². The van der Waals surface area contributed by atoms with E-state index < -0.39 is 0 Å². The maximum atomic E-state index is 12.4. The first-order chi connectivity index (χ1) is 18.0. The van der Waals surface area contributed by atoms with Gasteiger partial charge in [-0.05, 0) is 65.8 Å². The lowest BCUT2D eigenvalue weighted by atomic mass is 9.74. The van der Waals surface area contributed by atoms with Gasteiger partial charge in [0.1, 0.15) is 5.52 Å². The fourth-order valence-corrected chi connectivity index (χ4v) is 7.33. The quantitative estimate of drug-likeness (QED) is 0.371. The molecule has 3 unspecified atom stereocenters.